The van der Waals surface area contributed by atoms with E-state index in [2.05, 4.69) is 10.6 Å². The summed E-state index contributed by atoms with van der Waals surface area (Å²) >= 11 is 0. The third-order valence-electron chi connectivity index (χ3n) is 5.55. The van der Waals surface area contributed by atoms with Crippen LogP contribution in [-0.2, 0) is 16.0 Å². The van der Waals surface area contributed by atoms with E-state index < -0.39 is 5.54 Å². The number of hydrogen-bond acceptors (Lipinski definition) is 3. The Morgan fingerprint density at radius 3 is 2.58 bits per heavy atom. The van der Waals surface area contributed by atoms with E-state index in [1.54, 1.807) is 6.26 Å². The molecular formula is C21H28N2O3. The van der Waals surface area contributed by atoms with Gasteiger partial charge in [-0.25, -0.2) is 0 Å². The number of benzene rings is 1. The minimum atomic E-state index is -0.766. The van der Waals surface area contributed by atoms with Gasteiger partial charge < -0.3 is 15.1 Å². The summed E-state index contributed by atoms with van der Waals surface area (Å²) in [5, 5.41) is 6.92. The van der Waals surface area contributed by atoms with Crippen molar-refractivity contribution in [1.29, 1.82) is 0 Å². The molecule has 5 heteroatoms. The molecule has 2 aromatic rings. The van der Waals surface area contributed by atoms with Crippen LogP contribution in [0.4, 0.5) is 0 Å². The highest BCUT2D eigenvalue weighted by Crippen LogP contribution is 2.30. The standard InChI is InChI=1S/C21H28N2O3/c1-4-22-20(25)21(10-6-5-7-11-21)23-18(24)12-16-13-26-19-15(3)14(2)8-9-17(16)19/h8-9,13H,4-7,10-12H2,1-3H3,(H,22,25)(H,23,24). The summed E-state index contributed by atoms with van der Waals surface area (Å²) in [6, 6.07) is 4.05. The normalized spacial score (nSPS) is 16.4. The van der Waals surface area contributed by atoms with Gasteiger partial charge in [-0.2, -0.15) is 0 Å². The average Bonchev–Trinajstić information content (AvgIpc) is 3.02. The summed E-state index contributed by atoms with van der Waals surface area (Å²) in [6.07, 6.45) is 6.33. The van der Waals surface area contributed by atoms with Gasteiger partial charge in [-0.1, -0.05) is 31.4 Å². The van der Waals surface area contributed by atoms with Crippen molar-refractivity contribution in [2.45, 2.75) is 64.8 Å². The molecule has 0 saturated heterocycles. The molecule has 0 radical (unpaired) electrons. The van der Waals surface area contributed by atoms with E-state index in [1.165, 1.54) is 5.56 Å². The number of rotatable bonds is 5. The third-order valence-corrected chi connectivity index (χ3v) is 5.55. The topological polar surface area (TPSA) is 71.3 Å². The summed E-state index contributed by atoms with van der Waals surface area (Å²) in [5.74, 6) is -0.185. The minimum absolute atomic E-state index is 0.0587. The zero-order valence-electron chi connectivity index (χ0n) is 15.9. The van der Waals surface area contributed by atoms with Crippen LogP contribution < -0.4 is 10.6 Å². The van der Waals surface area contributed by atoms with Gasteiger partial charge in [-0.15, -0.1) is 0 Å². The number of furan rings is 1. The molecule has 1 fully saturated rings. The second-order valence-corrected chi connectivity index (χ2v) is 7.37. The van der Waals surface area contributed by atoms with Crippen LogP contribution in [-0.4, -0.2) is 23.9 Å². The van der Waals surface area contributed by atoms with Crippen LogP contribution in [0.25, 0.3) is 11.0 Å². The van der Waals surface area contributed by atoms with Gasteiger partial charge in [-0.05, 0) is 44.7 Å². The molecule has 1 heterocycles. The number of nitrogens with one attached hydrogen (secondary N) is 2. The molecule has 26 heavy (non-hydrogen) atoms. The van der Waals surface area contributed by atoms with Crippen molar-refractivity contribution >= 4 is 22.8 Å². The fourth-order valence-corrected chi connectivity index (χ4v) is 3.90. The smallest absolute Gasteiger partial charge is 0.245 e. The number of hydrogen-bond donors (Lipinski definition) is 2. The first-order valence-electron chi connectivity index (χ1n) is 9.52. The fourth-order valence-electron chi connectivity index (χ4n) is 3.90. The van der Waals surface area contributed by atoms with Crippen LogP contribution in [0.5, 0.6) is 0 Å². The predicted octanol–water partition coefficient (Wildman–Crippen LogP) is 3.55. The van der Waals surface area contributed by atoms with Crippen LogP contribution in [0.1, 0.15) is 55.7 Å². The zero-order chi connectivity index (χ0) is 18.7. The van der Waals surface area contributed by atoms with Gasteiger partial charge in [0.25, 0.3) is 0 Å². The Kier molecular flexibility index (Phi) is 5.35. The van der Waals surface area contributed by atoms with Gasteiger partial charge in [-0.3, -0.25) is 9.59 Å². The number of fused-ring (bicyclic) bond motifs is 1. The van der Waals surface area contributed by atoms with E-state index in [4.69, 9.17) is 4.42 Å². The quantitative estimate of drug-likeness (QED) is 0.861. The van der Waals surface area contributed by atoms with Crippen molar-refractivity contribution in [2.75, 3.05) is 6.54 Å². The minimum Gasteiger partial charge on any atom is -0.464 e. The molecule has 0 bridgehead atoms. The molecule has 0 spiro atoms. The van der Waals surface area contributed by atoms with Crippen molar-refractivity contribution in [3.05, 3.63) is 35.1 Å². The molecule has 1 aromatic carbocycles. The van der Waals surface area contributed by atoms with Crippen molar-refractivity contribution in [1.82, 2.24) is 10.6 Å². The Bertz CT molecular complexity index is 816. The number of amides is 2. The monoisotopic (exact) mass is 356 g/mol. The summed E-state index contributed by atoms with van der Waals surface area (Å²) in [4.78, 5) is 25.4. The van der Waals surface area contributed by atoms with Crippen LogP contribution >= 0.6 is 0 Å². The highest BCUT2D eigenvalue weighted by atomic mass is 16.3. The summed E-state index contributed by atoms with van der Waals surface area (Å²) < 4.78 is 5.70. The van der Waals surface area contributed by atoms with Gasteiger partial charge in [0, 0.05) is 17.5 Å². The molecule has 1 saturated carbocycles. The Labute approximate surface area is 154 Å². The summed E-state index contributed by atoms with van der Waals surface area (Å²) in [5.41, 5.74) is 3.20. The van der Waals surface area contributed by atoms with E-state index in [-0.39, 0.29) is 18.2 Å². The number of carbonyl (C=O) groups excluding carboxylic acids is 2. The van der Waals surface area contributed by atoms with Crippen molar-refractivity contribution < 1.29 is 14.0 Å². The molecule has 1 aliphatic carbocycles. The van der Waals surface area contributed by atoms with Crippen molar-refractivity contribution in [2.24, 2.45) is 0 Å². The van der Waals surface area contributed by atoms with E-state index in [9.17, 15) is 9.59 Å². The highest BCUT2D eigenvalue weighted by Gasteiger charge is 2.40. The summed E-state index contributed by atoms with van der Waals surface area (Å²) in [7, 11) is 0. The second kappa shape index (κ2) is 7.52. The first kappa shape index (κ1) is 18.5. The Hall–Kier alpha value is -2.30. The van der Waals surface area contributed by atoms with E-state index in [1.807, 2.05) is 32.9 Å². The van der Waals surface area contributed by atoms with Crippen molar-refractivity contribution in [3.63, 3.8) is 0 Å². The molecule has 140 valence electrons. The maximum Gasteiger partial charge on any atom is 0.245 e. The molecule has 1 aliphatic rings. The van der Waals surface area contributed by atoms with Gasteiger partial charge in [0.2, 0.25) is 11.8 Å². The van der Waals surface area contributed by atoms with Gasteiger partial charge >= 0.3 is 0 Å². The molecule has 1 aromatic heterocycles. The third kappa shape index (κ3) is 3.48. The molecule has 0 atom stereocenters. The number of likely N-dealkylation sites (N-methyl/N-ethyl adjacent to an activating group) is 1. The van der Waals surface area contributed by atoms with E-state index in [0.717, 1.165) is 41.4 Å². The predicted molar refractivity (Wildman–Crippen MR) is 102 cm³/mol. The van der Waals surface area contributed by atoms with Crippen LogP contribution in [0, 0.1) is 13.8 Å². The van der Waals surface area contributed by atoms with Gasteiger partial charge in [0.1, 0.15) is 11.1 Å². The first-order valence-corrected chi connectivity index (χ1v) is 9.52. The van der Waals surface area contributed by atoms with E-state index in [0.29, 0.717) is 19.4 Å². The maximum absolute atomic E-state index is 12.8. The molecule has 5 nitrogen and oxygen atoms in total. The lowest BCUT2D eigenvalue weighted by atomic mass is 9.80. The number of aryl methyl sites for hydroxylation is 2. The Morgan fingerprint density at radius 1 is 1.15 bits per heavy atom. The maximum atomic E-state index is 12.8. The molecular weight excluding hydrogens is 328 g/mol. The lowest BCUT2D eigenvalue weighted by Crippen LogP contribution is -2.60. The average molecular weight is 356 g/mol. The van der Waals surface area contributed by atoms with E-state index >= 15 is 0 Å². The lowest BCUT2D eigenvalue weighted by Gasteiger charge is -2.36. The second-order valence-electron chi connectivity index (χ2n) is 7.37. The molecule has 2 amide bonds. The molecule has 2 N–H and O–H groups in total. The lowest BCUT2D eigenvalue weighted by molar-refractivity contribution is -0.134. The highest BCUT2D eigenvalue weighted by molar-refractivity contribution is 5.94. The molecule has 0 unspecified atom stereocenters. The van der Waals surface area contributed by atoms with Crippen molar-refractivity contribution in [3.8, 4) is 0 Å². The first-order chi connectivity index (χ1) is 12.5. The SMILES string of the molecule is CCNC(=O)C1(NC(=O)Cc2coc3c(C)c(C)ccc23)CCCCC1. The summed E-state index contributed by atoms with van der Waals surface area (Å²) in [6.45, 7) is 6.54. The molecule has 3 rings (SSSR count). The largest absolute Gasteiger partial charge is 0.464 e. The number of carbonyl (C=O) groups is 2. The Morgan fingerprint density at radius 2 is 1.88 bits per heavy atom. The van der Waals surface area contributed by atoms with Gasteiger partial charge in [0.15, 0.2) is 0 Å². The van der Waals surface area contributed by atoms with Crippen LogP contribution in [0.3, 0.4) is 0 Å². The fraction of sp³-hybridized carbons (Fsp3) is 0.524. The van der Waals surface area contributed by atoms with Gasteiger partial charge in [0.05, 0.1) is 12.7 Å². The Balaban J connectivity index is 1.79. The molecule has 0 aliphatic heterocycles. The van der Waals surface area contributed by atoms with Crippen LogP contribution in [0.15, 0.2) is 22.8 Å². The van der Waals surface area contributed by atoms with Crippen LogP contribution in [0.2, 0.25) is 0 Å². The zero-order valence-corrected chi connectivity index (χ0v) is 15.9.